The number of nitrogens with zero attached hydrogens (tertiary/aromatic N) is 3. The summed E-state index contributed by atoms with van der Waals surface area (Å²) in [6.45, 7) is 6.06. The number of carbonyl (C=O) groups is 1. The van der Waals surface area contributed by atoms with Gasteiger partial charge in [-0.15, -0.1) is 0 Å². The Morgan fingerprint density at radius 3 is 2.34 bits per heavy atom. The average molecular weight is 416 g/mol. The van der Waals surface area contributed by atoms with Gasteiger partial charge in [0.25, 0.3) is 0 Å². The maximum absolute atomic E-state index is 13.3. The van der Waals surface area contributed by atoms with Crippen molar-refractivity contribution >= 4 is 27.3 Å². The fraction of sp³-hybridized carbons (Fsp3) is 0.409. The number of benzene rings is 2. The number of sulfonamides is 1. The van der Waals surface area contributed by atoms with Crippen LogP contribution in [0.5, 0.6) is 0 Å². The Labute approximate surface area is 173 Å². The van der Waals surface area contributed by atoms with E-state index in [1.165, 1.54) is 11.2 Å². The van der Waals surface area contributed by atoms with Crippen molar-refractivity contribution in [2.75, 3.05) is 30.4 Å². The third-order valence-electron chi connectivity index (χ3n) is 5.41. The first kappa shape index (κ1) is 21.3. The van der Waals surface area contributed by atoms with Crippen molar-refractivity contribution in [3.63, 3.8) is 0 Å². The van der Waals surface area contributed by atoms with Gasteiger partial charge in [-0.3, -0.25) is 4.79 Å². The molecule has 0 radical (unpaired) electrons. The zero-order chi connectivity index (χ0) is 21.3. The zero-order valence-corrected chi connectivity index (χ0v) is 18.5. The summed E-state index contributed by atoms with van der Waals surface area (Å²) in [5, 5.41) is 0. The van der Waals surface area contributed by atoms with Crippen LogP contribution in [0.3, 0.4) is 0 Å². The third-order valence-corrected chi connectivity index (χ3v) is 7.32. The van der Waals surface area contributed by atoms with Crippen LogP contribution >= 0.6 is 0 Å². The fourth-order valence-electron chi connectivity index (χ4n) is 3.87. The summed E-state index contributed by atoms with van der Waals surface area (Å²) in [5.74, 6) is -0.0248. The van der Waals surface area contributed by atoms with E-state index in [1.54, 1.807) is 23.1 Å². The molecule has 3 rings (SSSR count). The lowest BCUT2D eigenvalue weighted by molar-refractivity contribution is -0.116. The molecule has 1 aliphatic rings. The predicted molar refractivity (Wildman–Crippen MR) is 117 cm³/mol. The van der Waals surface area contributed by atoms with Gasteiger partial charge < -0.3 is 9.80 Å². The maximum atomic E-state index is 13.3. The molecule has 0 N–H and O–H groups in total. The quantitative estimate of drug-likeness (QED) is 0.727. The van der Waals surface area contributed by atoms with E-state index in [-0.39, 0.29) is 16.8 Å². The molecule has 0 aliphatic carbocycles. The van der Waals surface area contributed by atoms with E-state index in [1.807, 2.05) is 57.1 Å². The van der Waals surface area contributed by atoms with Gasteiger partial charge in [0.15, 0.2) is 0 Å². The Hall–Kier alpha value is -2.38. The van der Waals surface area contributed by atoms with E-state index < -0.39 is 10.0 Å². The largest absolute Gasteiger partial charge is 0.378 e. The van der Waals surface area contributed by atoms with Crippen molar-refractivity contribution in [3.8, 4) is 0 Å². The summed E-state index contributed by atoms with van der Waals surface area (Å²) >= 11 is 0. The van der Waals surface area contributed by atoms with E-state index in [4.69, 9.17) is 0 Å². The van der Waals surface area contributed by atoms with Crippen LogP contribution in [0.4, 0.5) is 11.4 Å². The third kappa shape index (κ3) is 4.16. The highest BCUT2D eigenvalue weighted by Gasteiger charge is 2.31. The summed E-state index contributed by atoms with van der Waals surface area (Å²) in [6.07, 6.45) is 0.663. The molecule has 1 unspecified atom stereocenters. The first-order valence-electron chi connectivity index (χ1n) is 9.84. The van der Waals surface area contributed by atoms with Gasteiger partial charge in [-0.2, -0.15) is 4.31 Å². The highest BCUT2D eigenvalue weighted by atomic mass is 32.2. The first-order valence-corrected chi connectivity index (χ1v) is 11.3. The van der Waals surface area contributed by atoms with Crippen LogP contribution in [0.1, 0.15) is 31.9 Å². The van der Waals surface area contributed by atoms with Crippen LogP contribution in [-0.4, -0.2) is 45.3 Å². The summed E-state index contributed by atoms with van der Waals surface area (Å²) in [6, 6.07) is 13.0. The molecule has 7 heteroatoms. The first-order chi connectivity index (χ1) is 13.6. The molecule has 0 bridgehead atoms. The number of hydrogen-bond donors (Lipinski definition) is 0. The molecule has 6 nitrogen and oxygen atoms in total. The Morgan fingerprint density at radius 1 is 1.14 bits per heavy atom. The monoisotopic (exact) mass is 415 g/mol. The number of anilines is 2. The lowest BCUT2D eigenvalue weighted by Gasteiger charge is -2.22. The molecule has 0 spiro atoms. The van der Waals surface area contributed by atoms with E-state index in [2.05, 4.69) is 0 Å². The van der Waals surface area contributed by atoms with E-state index in [0.717, 1.165) is 22.5 Å². The zero-order valence-electron chi connectivity index (χ0n) is 17.7. The maximum Gasteiger partial charge on any atom is 0.243 e. The number of carbonyl (C=O) groups excluding carboxylic acids is 1. The molecule has 1 heterocycles. The van der Waals surface area contributed by atoms with E-state index in [0.29, 0.717) is 19.5 Å². The molecule has 1 atom stereocenters. The second-order valence-electron chi connectivity index (χ2n) is 7.72. The topological polar surface area (TPSA) is 60.9 Å². The molecule has 2 aromatic rings. The average Bonchev–Trinajstić information content (AvgIpc) is 3.01. The summed E-state index contributed by atoms with van der Waals surface area (Å²) < 4.78 is 28.0. The summed E-state index contributed by atoms with van der Waals surface area (Å²) in [7, 11) is 0.311. The minimum atomic E-state index is -3.63. The lowest BCUT2D eigenvalue weighted by atomic mass is 10.1. The molecular formula is C22H29N3O3S. The van der Waals surface area contributed by atoms with Crippen molar-refractivity contribution in [1.29, 1.82) is 0 Å². The SMILES string of the molecule is CCN(Cc1ccc(N(C)C)cc1)S(=O)(=O)c1ccc2c(c1)CC(C)N2C(C)=O. The number of amides is 1. The second kappa shape index (κ2) is 8.16. The molecule has 0 saturated carbocycles. The standard InChI is InChI=1S/C22H29N3O3S/c1-6-24(15-18-7-9-20(10-8-18)23(4)5)29(27,28)21-11-12-22-19(14-21)13-16(2)25(22)17(3)26/h7-12,14,16H,6,13,15H2,1-5H3. The van der Waals surface area contributed by atoms with Crippen LogP contribution in [0.15, 0.2) is 47.4 Å². The molecule has 2 aromatic carbocycles. The van der Waals surface area contributed by atoms with Crippen LogP contribution in [0.2, 0.25) is 0 Å². The predicted octanol–water partition coefficient (Wildman–Crippen LogP) is 3.26. The number of rotatable bonds is 6. The van der Waals surface area contributed by atoms with Gasteiger partial charge in [0.05, 0.1) is 4.90 Å². The normalized spacial score (nSPS) is 16.2. The number of fused-ring (bicyclic) bond motifs is 1. The van der Waals surface area contributed by atoms with Crippen LogP contribution in [0.25, 0.3) is 0 Å². The Kier molecular flexibility index (Phi) is 6.00. The smallest absolute Gasteiger partial charge is 0.243 e. The molecule has 29 heavy (non-hydrogen) atoms. The van der Waals surface area contributed by atoms with Gasteiger partial charge in [-0.05, 0) is 54.8 Å². The van der Waals surface area contributed by atoms with Gasteiger partial charge in [-0.25, -0.2) is 8.42 Å². The Balaban J connectivity index is 1.87. The molecule has 1 amide bonds. The van der Waals surface area contributed by atoms with E-state index >= 15 is 0 Å². The summed E-state index contributed by atoms with van der Waals surface area (Å²) in [4.78, 5) is 15.9. The highest BCUT2D eigenvalue weighted by Crippen LogP contribution is 2.34. The second-order valence-corrected chi connectivity index (χ2v) is 9.66. The van der Waals surface area contributed by atoms with Gasteiger partial charge in [0.2, 0.25) is 15.9 Å². The van der Waals surface area contributed by atoms with Gasteiger partial charge in [0.1, 0.15) is 0 Å². The molecule has 1 aliphatic heterocycles. The fourth-order valence-corrected chi connectivity index (χ4v) is 5.36. The van der Waals surface area contributed by atoms with E-state index in [9.17, 15) is 13.2 Å². The Morgan fingerprint density at radius 2 is 1.79 bits per heavy atom. The van der Waals surface area contributed by atoms with Crippen molar-refractivity contribution in [2.24, 2.45) is 0 Å². The highest BCUT2D eigenvalue weighted by molar-refractivity contribution is 7.89. The van der Waals surface area contributed by atoms with Crippen molar-refractivity contribution in [2.45, 2.75) is 44.7 Å². The van der Waals surface area contributed by atoms with Gasteiger partial charge in [0, 0.05) is 51.5 Å². The van der Waals surface area contributed by atoms with Crippen LogP contribution in [-0.2, 0) is 27.8 Å². The van der Waals surface area contributed by atoms with Gasteiger partial charge in [-0.1, -0.05) is 19.1 Å². The summed E-state index contributed by atoms with van der Waals surface area (Å²) in [5.41, 5.74) is 3.73. The lowest BCUT2D eigenvalue weighted by Crippen LogP contribution is -2.33. The van der Waals surface area contributed by atoms with Crippen LogP contribution < -0.4 is 9.80 Å². The van der Waals surface area contributed by atoms with Crippen molar-refractivity contribution in [1.82, 2.24) is 4.31 Å². The molecule has 0 aromatic heterocycles. The van der Waals surface area contributed by atoms with Gasteiger partial charge >= 0.3 is 0 Å². The molecule has 156 valence electrons. The molecule has 0 fully saturated rings. The minimum Gasteiger partial charge on any atom is -0.378 e. The molecule has 0 saturated heterocycles. The molecular weight excluding hydrogens is 386 g/mol. The Bertz CT molecular complexity index is 1000. The van der Waals surface area contributed by atoms with Crippen molar-refractivity contribution in [3.05, 3.63) is 53.6 Å². The minimum absolute atomic E-state index is 0.0248. The van der Waals surface area contributed by atoms with Crippen LogP contribution in [0, 0.1) is 0 Å². The van der Waals surface area contributed by atoms with Crippen molar-refractivity contribution < 1.29 is 13.2 Å². The number of hydrogen-bond acceptors (Lipinski definition) is 4.